The highest BCUT2D eigenvalue weighted by Gasteiger charge is 2.64. The molecule has 5 rings (SSSR count). The smallest absolute Gasteiger partial charge is 0.338 e. The van der Waals surface area contributed by atoms with E-state index in [9.17, 15) is 14.4 Å². The average Bonchev–Trinajstić information content (AvgIpc) is 3.29. The first-order chi connectivity index (χ1) is 16.9. The number of nitrogens with zero attached hydrogens (tertiary/aromatic N) is 1. The lowest BCUT2D eigenvalue weighted by Gasteiger charge is -2.50. The van der Waals surface area contributed by atoms with Crippen LogP contribution in [0.3, 0.4) is 0 Å². The fraction of sp³-hybridized carbons (Fsp3) is 0.444. The largest absolute Gasteiger partial charge is 0.493 e. The van der Waals surface area contributed by atoms with Crippen molar-refractivity contribution in [2.45, 2.75) is 44.2 Å². The molecule has 2 aliphatic heterocycles. The number of hydrogen-bond donors (Lipinski definition) is 0. The summed E-state index contributed by atoms with van der Waals surface area (Å²) in [5.41, 5.74) is 0.801. The summed E-state index contributed by atoms with van der Waals surface area (Å²) in [6.45, 7) is 2.48. The second-order valence-electron chi connectivity index (χ2n) is 9.24. The molecule has 0 unspecified atom stereocenters. The highest BCUT2D eigenvalue weighted by molar-refractivity contribution is 6.00. The minimum absolute atomic E-state index is 0.164. The van der Waals surface area contributed by atoms with Gasteiger partial charge in [-0.3, -0.25) is 9.59 Å². The molecule has 8 heteroatoms. The molecule has 1 saturated carbocycles. The number of esters is 2. The zero-order chi connectivity index (χ0) is 24.7. The topological polar surface area (TPSA) is 91.4 Å². The van der Waals surface area contributed by atoms with Crippen LogP contribution >= 0.6 is 0 Å². The summed E-state index contributed by atoms with van der Waals surface area (Å²) in [7, 11) is 3.06. The summed E-state index contributed by atoms with van der Waals surface area (Å²) in [6, 6.07) is 11.8. The Labute approximate surface area is 204 Å². The molecular formula is C27H29NO7. The molecule has 2 aromatic carbocycles. The van der Waals surface area contributed by atoms with Gasteiger partial charge in [0.15, 0.2) is 11.5 Å². The van der Waals surface area contributed by atoms with Crippen LogP contribution < -0.4 is 9.47 Å². The monoisotopic (exact) mass is 479 g/mol. The molecule has 1 saturated heterocycles. The van der Waals surface area contributed by atoms with Gasteiger partial charge in [-0.1, -0.05) is 18.2 Å². The molecule has 2 fully saturated rings. The molecule has 8 nitrogen and oxygen atoms in total. The summed E-state index contributed by atoms with van der Waals surface area (Å²) in [6.07, 6.45) is 0.946. The van der Waals surface area contributed by atoms with E-state index in [-0.39, 0.29) is 18.5 Å². The van der Waals surface area contributed by atoms with Crippen LogP contribution in [0.15, 0.2) is 42.5 Å². The van der Waals surface area contributed by atoms with Crippen LogP contribution in [0, 0.1) is 5.41 Å². The van der Waals surface area contributed by atoms with Gasteiger partial charge < -0.3 is 23.8 Å². The van der Waals surface area contributed by atoms with Crippen molar-refractivity contribution in [1.82, 2.24) is 4.90 Å². The van der Waals surface area contributed by atoms with Gasteiger partial charge in [0.1, 0.15) is 6.10 Å². The molecule has 0 aromatic heterocycles. The van der Waals surface area contributed by atoms with Crippen LogP contribution in [0.25, 0.3) is 0 Å². The lowest BCUT2D eigenvalue weighted by Crippen LogP contribution is -2.59. The third-order valence-electron chi connectivity index (χ3n) is 7.67. The third-order valence-corrected chi connectivity index (χ3v) is 7.67. The normalized spacial score (nSPS) is 26.4. The van der Waals surface area contributed by atoms with Crippen LogP contribution in [0.4, 0.5) is 0 Å². The number of carbonyl (C=O) groups is 3. The molecule has 0 N–H and O–H groups in total. The van der Waals surface area contributed by atoms with Crippen LogP contribution in [-0.2, 0) is 14.3 Å². The van der Waals surface area contributed by atoms with Gasteiger partial charge in [-0.2, -0.15) is 0 Å². The minimum Gasteiger partial charge on any atom is -0.493 e. The number of amides is 1. The van der Waals surface area contributed by atoms with Crippen LogP contribution in [0.2, 0.25) is 0 Å². The second kappa shape index (κ2) is 8.91. The van der Waals surface area contributed by atoms with Crippen molar-refractivity contribution >= 4 is 17.8 Å². The summed E-state index contributed by atoms with van der Waals surface area (Å²) in [4.78, 5) is 41.8. The fourth-order valence-electron chi connectivity index (χ4n) is 6.12. The maximum atomic E-state index is 13.6. The van der Waals surface area contributed by atoms with Gasteiger partial charge in [0.05, 0.1) is 37.8 Å². The first kappa shape index (κ1) is 23.2. The number of methoxy groups -OCH3 is 2. The van der Waals surface area contributed by atoms with E-state index in [0.29, 0.717) is 54.0 Å². The Morgan fingerprint density at radius 2 is 1.77 bits per heavy atom. The van der Waals surface area contributed by atoms with Gasteiger partial charge in [-0.15, -0.1) is 0 Å². The average molecular weight is 480 g/mol. The third kappa shape index (κ3) is 3.54. The van der Waals surface area contributed by atoms with Crippen LogP contribution in [0.1, 0.15) is 58.4 Å². The Morgan fingerprint density at radius 1 is 1.06 bits per heavy atom. The number of benzene rings is 2. The maximum Gasteiger partial charge on any atom is 0.338 e. The molecule has 0 bridgehead atoms. The van der Waals surface area contributed by atoms with Crippen molar-refractivity contribution in [2.75, 3.05) is 27.4 Å². The Hall–Kier alpha value is -3.55. The molecule has 2 aromatic rings. The molecule has 4 atom stereocenters. The first-order valence-electron chi connectivity index (χ1n) is 11.9. The van der Waals surface area contributed by atoms with E-state index in [0.717, 1.165) is 0 Å². The van der Waals surface area contributed by atoms with Crippen molar-refractivity contribution < 1.29 is 33.3 Å². The Balaban J connectivity index is 1.63. The molecule has 184 valence electrons. The first-order valence-corrected chi connectivity index (χ1v) is 11.9. The predicted molar refractivity (Wildman–Crippen MR) is 126 cm³/mol. The Bertz CT molecular complexity index is 1160. The summed E-state index contributed by atoms with van der Waals surface area (Å²) < 4.78 is 22.6. The van der Waals surface area contributed by atoms with E-state index in [1.165, 1.54) is 14.2 Å². The second-order valence-corrected chi connectivity index (χ2v) is 9.24. The quantitative estimate of drug-likeness (QED) is 0.585. The van der Waals surface area contributed by atoms with E-state index >= 15 is 0 Å². The lowest BCUT2D eigenvalue weighted by molar-refractivity contribution is -0.161. The van der Waals surface area contributed by atoms with Gasteiger partial charge in [0.2, 0.25) is 0 Å². The van der Waals surface area contributed by atoms with Crippen molar-refractivity contribution in [3.05, 3.63) is 59.2 Å². The zero-order valence-electron chi connectivity index (χ0n) is 20.1. The number of rotatable bonds is 6. The van der Waals surface area contributed by atoms with Crippen molar-refractivity contribution in [3.8, 4) is 11.5 Å². The molecule has 0 radical (unpaired) electrons. The Morgan fingerprint density at radius 3 is 2.46 bits per heavy atom. The van der Waals surface area contributed by atoms with Crippen molar-refractivity contribution in [2.24, 2.45) is 5.41 Å². The van der Waals surface area contributed by atoms with Crippen LogP contribution in [-0.4, -0.2) is 62.3 Å². The highest BCUT2D eigenvalue weighted by Crippen LogP contribution is 2.57. The van der Waals surface area contributed by atoms with Gasteiger partial charge >= 0.3 is 11.9 Å². The predicted octanol–water partition coefficient (Wildman–Crippen LogP) is 3.58. The fourth-order valence-corrected chi connectivity index (χ4v) is 6.12. The van der Waals surface area contributed by atoms with E-state index < -0.39 is 29.4 Å². The number of carbonyl (C=O) groups excluding carboxylic acids is 3. The number of fused-ring (bicyclic) bond motifs is 2. The highest BCUT2D eigenvalue weighted by atomic mass is 16.5. The van der Waals surface area contributed by atoms with Gasteiger partial charge in [-0.05, 0) is 56.0 Å². The summed E-state index contributed by atoms with van der Waals surface area (Å²) in [5, 5.41) is 0. The van der Waals surface area contributed by atoms with E-state index in [1.807, 2.05) is 6.07 Å². The number of hydrogen-bond acceptors (Lipinski definition) is 7. The van der Waals surface area contributed by atoms with Gasteiger partial charge in [-0.25, -0.2) is 4.79 Å². The van der Waals surface area contributed by atoms with E-state index in [4.69, 9.17) is 18.9 Å². The van der Waals surface area contributed by atoms with Crippen molar-refractivity contribution in [3.63, 3.8) is 0 Å². The van der Waals surface area contributed by atoms with Crippen LogP contribution in [0.5, 0.6) is 11.5 Å². The molecule has 3 aliphatic rings. The standard InChI is InChI=1S/C27H29NO7/c1-4-34-26(31)27-11-10-19(35-25(30)16-8-6-5-7-9-16)22-17-14-20(32-2)21(33-3)15-18(17)24(29)28(13-12-27)23(22)27/h5-9,14-15,19,22-23H,4,10-13H2,1-3H3/t19-,22-,23-,27+/m1/s1. The van der Waals surface area contributed by atoms with Gasteiger partial charge in [0, 0.05) is 18.0 Å². The molecule has 1 aliphatic carbocycles. The molecule has 0 spiro atoms. The van der Waals surface area contributed by atoms with E-state index in [1.54, 1.807) is 48.2 Å². The maximum absolute atomic E-state index is 13.6. The summed E-state index contributed by atoms with van der Waals surface area (Å²) in [5.74, 6) is -0.363. The number of ether oxygens (including phenoxy) is 4. The SMILES string of the molecule is CCOC(=O)[C@@]12CC[C@@H](OC(=O)c3ccccc3)[C@H]3c4cc(OC)c(OC)cc4C(=O)N(CC1)[C@H]32. The zero-order valence-corrected chi connectivity index (χ0v) is 20.1. The molecule has 2 heterocycles. The van der Waals surface area contributed by atoms with Crippen molar-refractivity contribution in [1.29, 1.82) is 0 Å². The Kier molecular flexibility index (Phi) is 5.91. The van der Waals surface area contributed by atoms with E-state index in [2.05, 4.69) is 0 Å². The van der Waals surface area contributed by atoms with Gasteiger partial charge in [0.25, 0.3) is 5.91 Å². The summed E-state index contributed by atoms with van der Waals surface area (Å²) >= 11 is 0. The minimum atomic E-state index is -0.836. The molecular weight excluding hydrogens is 450 g/mol. The molecule has 1 amide bonds. The molecule has 35 heavy (non-hydrogen) atoms. The lowest BCUT2D eigenvalue weighted by atomic mass is 9.61.